The van der Waals surface area contributed by atoms with Gasteiger partial charge in [0.25, 0.3) is 0 Å². The van der Waals surface area contributed by atoms with Gasteiger partial charge < -0.3 is 14.1 Å². The number of nitrogens with zero attached hydrogens (tertiary/aromatic N) is 3. The molecule has 3 aliphatic rings. The van der Waals surface area contributed by atoms with Gasteiger partial charge in [-0.15, -0.1) is 11.3 Å². The Labute approximate surface area is 211 Å². The molecule has 0 spiro atoms. The molecule has 1 aromatic heterocycles. The molecule has 3 aliphatic heterocycles. The van der Waals surface area contributed by atoms with E-state index in [0.717, 1.165) is 28.0 Å². The Morgan fingerprint density at radius 1 is 1.44 bits per heavy atom. The summed E-state index contributed by atoms with van der Waals surface area (Å²) in [6, 6.07) is -0.113. The topological polar surface area (TPSA) is 72.0 Å². The van der Waals surface area contributed by atoms with Crippen LogP contribution in [0.2, 0.25) is 19.6 Å². The Hall–Kier alpha value is -1.72. The van der Waals surface area contributed by atoms with E-state index in [1.165, 1.54) is 23.4 Å². The van der Waals surface area contributed by atoms with Crippen LogP contribution in [0.1, 0.15) is 19.5 Å². The fraction of sp³-hybridized carbons (Fsp3) is 0.542. The molecule has 0 unspecified atom stereocenters. The van der Waals surface area contributed by atoms with Gasteiger partial charge in [0.1, 0.15) is 12.3 Å². The third-order valence-corrected chi connectivity index (χ3v) is 9.56. The summed E-state index contributed by atoms with van der Waals surface area (Å²) in [5, 5.41) is 2.07. The van der Waals surface area contributed by atoms with Crippen molar-refractivity contribution in [2.45, 2.75) is 50.0 Å². The summed E-state index contributed by atoms with van der Waals surface area (Å²) in [4.78, 5) is 35.9. The summed E-state index contributed by atoms with van der Waals surface area (Å²) in [6.45, 7) is 16.0. The smallest absolute Gasteiger partial charge is 0.356 e. The highest BCUT2D eigenvalue weighted by molar-refractivity contribution is 8.04. The van der Waals surface area contributed by atoms with Crippen LogP contribution in [0.3, 0.4) is 0 Å². The first-order valence-corrected chi connectivity index (χ1v) is 16.7. The van der Waals surface area contributed by atoms with Crippen molar-refractivity contribution in [3.05, 3.63) is 40.4 Å². The Kier molecular flexibility index (Phi) is 7.26. The summed E-state index contributed by atoms with van der Waals surface area (Å²) in [5.74, 6) is -0.842. The Morgan fingerprint density at radius 2 is 2.18 bits per heavy atom. The number of amides is 1. The molecule has 4 atom stereocenters. The van der Waals surface area contributed by atoms with E-state index in [0.29, 0.717) is 5.70 Å². The number of carbonyl (C=O) groups excluding carboxylic acids is 2. The van der Waals surface area contributed by atoms with Gasteiger partial charge in [0.15, 0.2) is 12.7 Å². The molecule has 4 heterocycles. The Morgan fingerprint density at radius 3 is 2.79 bits per heavy atom. The van der Waals surface area contributed by atoms with Gasteiger partial charge in [-0.1, -0.05) is 37.4 Å². The van der Waals surface area contributed by atoms with Crippen molar-refractivity contribution in [3.8, 4) is 0 Å². The van der Waals surface area contributed by atoms with Gasteiger partial charge in [-0.25, -0.2) is 9.78 Å². The van der Waals surface area contributed by atoms with Crippen molar-refractivity contribution in [1.29, 1.82) is 0 Å². The third-order valence-electron chi connectivity index (χ3n) is 6.26. The number of carbonyl (C=O) groups is 2. The molecular weight excluding hydrogens is 487 g/mol. The Balaban J connectivity index is 1.61. The maximum absolute atomic E-state index is 13.3. The van der Waals surface area contributed by atoms with Gasteiger partial charge in [-0.05, 0) is 39.2 Å². The van der Waals surface area contributed by atoms with E-state index in [4.69, 9.17) is 14.1 Å². The number of β-lactam (4-membered cyclic amide) rings is 1. The fourth-order valence-electron chi connectivity index (χ4n) is 4.89. The molecule has 1 aromatic rings. The van der Waals surface area contributed by atoms with Gasteiger partial charge in [0, 0.05) is 29.3 Å². The van der Waals surface area contributed by atoms with E-state index in [2.05, 4.69) is 56.5 Å². The molecule has 1 saturated heterocycles. The molecule has 1 fully saturated rings. The third kappa shape index (κ3) is 4.83. The second-order valence-electron chi connectivity index (χ2n) is 10.1. The maximum Gasteiger partial charge on any atom is 0.356 e. The van der Waals surface area contributed by atoms with Gasteiger partial charge in [-0.2, -0.15) is 0 Å². The van der Waals surface area contributed by atoms with Crippen molar-refractivity contribution in [3.63, 3.8) is 0 Å². The van der Waals surface area contributed by atoms with Crippen molar-refractivity contribution in [2.75, 3.05) is 26.7 Å². The molecule has 0 saturated carbocycles. The van der Waals surface area contributed by atoms with Crippen LogP contribution in [-0.2, 0) is 18.8 Å². The van der Waals surface area contributed by atoms with Crippen LogP contribution in [0.25, 0.3) is 5.57 Å². The predicted octanol–water partition coefficient (Wildman–Crippen LogP) is 4.22. The van der Waals surface area contributed by atoms with E-state index in [1.54, 1.807) is 16.2 Å². The first-order valence-electron chi connectivity index (χ1n) is 11.6. The van der Waals surface area contributed by atoms with E-state index >= 15 is 0 Å². The molecule has 0 aliphatic carbocycles. The van der Waals surface area contributed by atoms with Crippen molar-refractivity contribution in [2.24, 2.45) is 11.8 Å². The number of esters is 1. The number of aromatic nitrogens is 1. The van der Waals surface area contributed by atoms with Gasteiger partial charge in [-0.3, -0.25) is 9.69 Å². The molecular formula is C24H33N3O4S2Si. The van der Waals surface area contributed by atoms with Crippen LogP contribution in [0.15, 0.2) is 39.1 Å². The summed E-state index contributed by atoms with van der Waals surface area (Å²) in [5.41, 5.74) is 2.55. The number of thiazole rings is 1. The lowest BCUT2D eigenvalue weighted by Crippen LogP contribution is -2.64. The summed E-state index contributed by atoms with van der Waals surface area (Å²) >= 11 is 3.04. The van der Waals surface area contributed by atoms with E-state index in [1.807, 2.05) is 6.92 Å². The fourth-order valence-corrected chi connectivity index (χ4v) is 8.26. The van der Waals surface area contributed by atoms with Crippen LogP contribution in [0.5, 0.6) is 0 Å². The zero-order valence-corrected chi connectivity index (χ0v) is 23.3. The predicted molar refractivity (Wildman–Crippen MR) is 139 cm³/mol. The highest BCUT2D eigenvalue weighted by Gasteiger charge is 2.61. The van der Waals surface area contributed by atoms with E-state index in [9.17, 15) is 9.59 Å². The number of ether oxygens (including phenoxy) is 1. The normalized spacial score (nSPS) is 25.8. The van der Waals surface area contributed by atoms with E-state index < -0.39 is 14.3 Å². The number of hydrogen-bond acceptors (Lipinski definition) is 8. The van der Waals surface area contributed by atoms with Gasteiger partial charge >= 0.3 is 5.97 Å². The van der Waals surface area contributed by atoms with Gasteiger partial charge in [0.05, 0.1) is 23.8 Å². The minimum Gasteiger partial charge on any atom is -0.457 e. The number of hydrogen-bond donors (Lipinski definition) is 0. The molecule has 0 N–H and O–H groups in total. The van der Waals surface area contributed by atoms with Gasteiger partial charge in [0.2, 0.25) is 5.91 Å². The summed E-state index contributed by atoms with van der Waals surface area (Å²) in [6.07, 6.45) is 3.54. The lowest BCUT2D eigenvalue weighted by Gasteiger charge is -2.48. The number of likely N-dealkylation sites (N-methyl/N-ethyl adjacent to an activating group) is 1. The second kappa shape index (κ2) is 9.73. The summed E-state index contributed by atoms with van der Waals surface area (Å²) in [7, 11) is 0.266. The lowest BCUT2D eigenvalue weighted by atomic mass is 9.79. The van der Waals surface area contributed by atoms with Crippen molar-refractivity contribution >= 4 is 48.9 Å². The highest BCUT2D eigenvalue weighted by atomic mass is 32.2. The van der Waals surface area contributed by atoms with Crippen LogP contribution < -0.4 is 0 Å². The average Bonchev–Trinajstić information content (AvgIpc) is 3.43. The quantitative estimate of drug-likeness (QED) is 0.209. The zero-order valence-electron chi connectivity index (χ0n) is 20.7. The molecule has 1 amide bonds. The molecule has 0 radical (unpaired) electrons. The molecule has 0 aromatic carbocycles. The Bertz CT molecular complexity index is 1060. The largest absolute Gasteiger partial charge is 0.457 e. The van der Waals surface area contributed by atoms with E-state index in [-0.39, 0.29) is 36.5 Å². The number of rotatable bonds is 9. The highest BCUT2D eigenvalue weighted by Crippen LogP contribution is 2.53. The molecule has 184 valence electrons. The summed E-state index contributed by atoms with van der Waals surface area (Å²) < 4.78 is 12.5. The monoisotopic (exact) mass is 519 g/mol. The van der Waals surface area contributed by atoms with Crippen molar-refractivity contribution < 1.29 is 18.8 Å². The zero-order chi connectivity index (χ0) is 24.8. The second-order valence-corrected chi connectivity index (χ2v) is 16.7. The molecule has 10 heteroatoms. The molecule has 7 nitrogen and oxygen atoms in total. The number of thioether (sulfide) groups is 1. The average molecular weight is 520 g/mol. The standard InChI is InChI=1S/C24H33N3O4S2Si/c1-8-11-30-23(29)20-21(33-24-25-17(13-32-24)16-9-10-26(4)12-16)14(2)19-18(22(28)27(19)20)15(3)31-34(5,6)7/h8-9,13-15,18-19H,1,10-12H2,2-7H3/t14-,15-,18-,19-/m1/s1. The lowest BCUT2D eigenvalue weighted by molar-refractivity contribution is -0.163. The minimum absolute atomic E-state index is 0.0177. The number of fused-ring (bicyclic) bond motifs is 1. The molecule has 4 rings (SSSR count). The minimum atomic E-state index is -1.82. The maximum atomic E-state index is 13.3. The van der Waals surface area contributed by atoms with Crippen LogP contribution in [0, 0.1) is 11.8 Å². The first kappa shape index (κ1) is 25.4. The molecule has 0 bridgehead atoms. The first-order chi connectivity index (χ1) is 16.0. The SMILES string of the molecule is C=CCOC(=O)C1=C(Sc2nc(C3=CCN(C)C3)cs2)[C@H](C)[C@@H]2[C@@H]([C@@H](C)O[Si](C)(C)C)C(=O)N12. The van der Waals surface area contributed by atoms with Crippen LogP contribution >= 0.6 is 23.1 Å². The van der Waals surface area contributed by atoms with Crippen molar-refractivity contribution in [1.82, 2.24) is 14.8 Å². The van der Waals surface area contributed by atoms with Crippen LogP contribution in [-0.4, -0.2) is 73.9 Å². The molecule has 34 heavy (non-hydrogen) atoms. The van der Waals surface area contributed by atoms with Crippen LogP contribution in [0.4, 0.5) is 0 Å².